The standard InChI is InChI=1S/C14H23N5O/c15-12-9-16-17-13(12)14(20)19-7-3-11(4-8-19)10-18-5-1-2-6-18/h9,11H,1-8,10,15H2,(H,16,17). The van der Waals surface area contributed by atoms with E-state index >= 15 is 0 Å². The Labute approximate surface area is 119 Å². The van der Waals surface area contributed by atoms with E-state index in [4.69, 9.17) is 5.73 Å². The first kappa shape index (κ1) is 13.4. The molecule has 2 aliphatic rings. The molecule has 6 heteroatoms. The van der Waals surface area contributed by atoms with Crippen molar-refractivity contribution in [3.63, 3.8) is 0 Å². The molecule has 0 bridgehead atoms. The lowest BCUT2D eigenvalue weighted by Crippen LogP contribution is -2.41. The van der Waals surface area contributed by atoms with Crippen LogP contribution in [-0.2, 0) is 0 Å². The Kier molecular flexibility index (Phi) is 3.91. The van der Waals surface area contributed by atoms with E-state index < -0.39 is 0 Å². The van der Waals surface area contributed by atoms with E-state index in [0.29, 0.717) is 11.4 Å². The number of aromatic amines is 1. The number of nitrogen functional groups attached to an aromatic ring is 1. The third-order valence-corrected chi connectivity index (χ3v) is 4.50. The second-order valence-corrected chi connectivity index (χ2v) is 5.94. The maximum absolute atomic E-state index is 12.3. The summed E-state index contributed by atoms with van der Waals surface area (Å²) in [7, 11) is 0. The van der Waals surface area contributed by atoms with Crippen LogP contribution in [0.4, 0.5) is 5.69 Å². The van der Waals surface area contributed by atoms with Crippen LogP contribution in [0.2, 0.25) is 0 Å². The minimum absolute atomic E-state index is 0.0142. The van der Waals surface area contributed by atoms with E-state index in [1.54, 1.807) is 0 Å². The van der Waals surface area contributed by atoms with E-state index in [1.807, 2.05) is 4.90 Å². The van der Waals surface area contributed by atoms with Crippen LogP contribution in [0.15, 0.2) is 6.20 Å². The number of aromatic nitrogens is 2. The third kappa shape index (κ3) is 2.80. The topological polar surface area (TPSA) is 78.2 Å². The Morgan fingerprint density at radius 3 is 2.60 bits per heavy atom. The van der Waals surface area contributed by atoms with E-state index in [0.717, 1.165) is 31.8 Å². The predicted molar refractivity (Wildman–Crippen MR) is 77.3 cm³/mol. The summed E-state index contributed by atoms with van der Waals surface area (Å²) in [5.41, 5.74) is 6.61. The lowest BCUT2D eigenvalue weighted by molar-refractivity contribution is 0.0668. The number of amides is 1. The van der Waals surface area contributed by atoms with Crippen molar-refractivity contribution in [1.29, 1.82) is 0 Å². The van der Waals surface area contributed by atoms with Crippen molar-refractivity contribution in [3.05, 3.63) is 11.9 Å². The van der Waals surface area contributed by atoms with Crippen molar-refractivity contribution < 1.29 is 4.79 Å². The number of rotatable bonds is 3. The van der Waals surface area contributed by atoms with Gasteiger partial charge in [-0.25, -0.2) is 0 Å². The third-order valence-electron chi connectivity index (χ3n) is 4.50. The highest BCUT2D eigenvalue weighted by Gasteiger charge is 2.27. The molecule has 3 N–H and O–H groups in total. The lowest BCUT2D eigenvalue weighted by Gasteiger charge is -2.33. The second-order valence-electron chi connectivity index (χ2n) is 5.94. The number of carbonyl (C=O) groups is 1. The van der Waals surface area contributed by atoms with Crippen LogP contribution < -0.4 is 5.73 Å². The van der Waals surface area contributed by atoms with Gasteiger partial charge in [0.15, 0.2) is 0 Å². The monoisotopic (exact) mass is 277 g/mol. The number of likely N-dealkylation sites (tertiary alicyclic amines) is 2. The normalized spacial score (nSPS) is 21.5. The van der Waals surface area contributed by atoms with Gasteiger partial charge in [-0.3, -0.25) is 9.89 Å². The predicted octanol–water partition coefficient (Wildman–Crippen LogP) is 0.940. The van der Waals surface area contributed by atoms with Gasteiger partial charge in [0.1, 0.15) is 5.69 Å². The van der Waals surface area contributed by atoms with Crippen molar-refractivity contribution in [2.24, 2.45) is 5.92 Å². The highest BCUT2D eigenvalue weighted by molar-refractivity contribution is 5.97. The van der Waals surface area contributed by atoms with Crippen LogP contribution in [0.25, 0.3) is 0 Å². The molecule has 2 saturated heterocycles. The van der Waals surface area contributed by atoms with Gasteiger partial charge in [-0.2, -0.15) is 5.10 Å². The highest BCUT2D eigenvalue weighted by atomic mass is 16.2. The Balaban J connectivity index is 1.50. The van der Waals surface area contributed by atoms with E-state index in [-0.39, 0.29) is 5.91 Å². The number of H-pyrrole nitrogens is 1. The number of carbonyl (C=O) groups excluding carboxylic acids is 1. The van der Waals surface area contributed by atoms with Gasteiger partial charge in [0, 0.05) is 19.6 Å². The van der Waals surface area contributed by atoms with Gasteiger partial charge < -0.3 is 15.5 Å². The van der Waals surface area contributed by atoms with Crippen molar-refractivity contribution in [3.8, 4) is 0 Å². The zero-order valence-electron chi connectivity index (χ0n) is 11.8. The number of nitrogens with two attached hydrogens (primary N) is 1. The Morgan fingerprint density at radius 1 is 1.30 bits per heavy atom. The van der Waals surface area contributed by atoms with Gasteiger partial charge in [-0.05, 0) is 44.7 Å². The Hall–Kier alpha value is -1.56. The molecule has 0 aliphatic carbocycles. The van der Waals surface area contributed by atoms with Crippen LogP contribution in [0, 0.1) is 5.92 Å². The fraction of sp³-hybridized carbons (Fsp3) is 0.714. The molecule has 3 rings (SSSR count). The zero-order valence-corrected chi connectivity index (χ0v) is 11.8. The highest BCUT2D eigenvalue weighted by Crippen LogP contribution is 2.22. The van der Waals surface area contributed by atoms with Crippen LogP contribution in [0.5, 0.6) is 0 Å². The molecule has 0 spiro atoms. The quantitative estimate of drug-likeness (QED) is 0.862. The molecule has 110 valence electrons. The minimum atomic E-state index is -0.0142. The van der Waals surface area contributed by atoms with Crippen LogP contribution in [-0.4, -0.2) is 58.6 Å². The van der Waals surface area contributed by atoms with E-state index in [1.165, 1.54) is 38.7 Å². The summed E-state index contributed by atoms with van der Waals surface area (Å²) in [5, 5.41) is 6.51. The van der Waals surface area contributed by atoms with Gasteiger partial charge in [0.05, 0.1) is 11.9 Å². The Bertz CT molecular complexity index is 458. The number of anilines is 1. The minimum Gasteiger partial charge on any atom is -0.396 e. The lowest BCUT2D eigenvalue weighted by atomic mass is 9.96. The van der Waals surface area contributed by atoms with Crippen molar-refractivity contribution >= 4 is 11.6 Å². The molecule has 20 heavy (non-hydrogen) atoms. The summed E-state index contributed by atoms with van der Waals surface area (Å²) in [6.45, 7) is 5.37. The average molecular weight is 277 g/mol. The molecule has 1 amide bonds. The molecule has 2 aliphatic heterocycles. The molecular formula is C14H23N5O. The summed E-state index contributed by atoms with van der Waals surface area (Å²) in [5.74, 6) is 0.718. The molecule has 0 saturated carbocycles. The van der Waals surface area contributed by atoms with Gasteiger partial charge in [0.2, 0.25) is 0 Å². The molecule has 0 unspecified atom stereocenters. The fourth-order valence-electron chi connectivity index (χ4n) is 3.27. The molecule has 1 aromatic heterocycles. The Morgan fingerprint density at radius 2 is 2.00 bits per heavy atom. The summed E-state index contributed by atoms with van der Waals surface area (Å²) >= 11 is 0. The average Bonchev–Trinajstić information content (AvgIpc) is 3.10. The molecular weight excluding hydrogens is 254 g/mol. The van der Waals surface area contributed by atoms with Crippen molar-refractivity contribution in [2.75, 3.05) is 38.5 Å². The number of nitrogens with one attached hydrogen (secondary N) is 1. The summed E-state index contributed by atoms with van der Waals surface area (Å²) in [6.07, 6.45) is 6.37. The first-order valence-electron chi connectivity index (χ1n) is 7.54. The summed E-state index contributed by atoms with van der Waals surface area (Å²) < 4.78 is 0. The van der Waals surface area contributed by atoms with Gasteiger partial charge in [0.25, 0.3) is 5.91 Å². The van der Waals surface area contributed by atoms with Gasteiger partial charge in [-0.15, -0.1) is 0 Å². The maximum atomic E-state index is 12.3. The second kappa shape index (κ2) is 5.83. The number of piperidine rings is 1. The smallest absolute Gasteiger partial charge is 0.274 e. The molecule has 0 atom stereocenters. The number of hydrogen-bond donors (Lipinski definition) is 2. The zero-order chi connectivity index (χ0) is 13.9. The molecule has 0 aromatic carbocycles. The maximum Gasteiger partial charge on any atom is 0.274 e. The number of hydrogen-bond acceptors (Lipinski definition) is 4. The van der Waals surface area contributed by atoms with Gasteiger partial charge >= 0.3 is 0 Å². The molecule has 3 heterocycles. The van der Waals surface area contributed by atoms with Crippen LogP contribution in [0.1, 0.15) is 36.2 Å². The van der Waals surface area contributed by atoms with Crippen molar-refractivity contribution in [2.45, 2.75) is 25.7 Å². The van der Waals surface area contributed by atoms with Crippen LogP contribution >= 0.6 is 0 Å². The summed E-state index contributed by atoms with van der Waals surface area (Å²) in [6, 6.07) is 0. The summed E-state index contributed by atoms with van der Waals surface area (Å²) in [4.78, 5) is 16.8. The first-order chi connectivity index (χ1) is 9.74. The molecule has 1 aromatic rings. The SMILES string of the molecule is Nc1cn[nH]c1C(=O)N1CCC(CN2CCCC2)CC1. The van der Waals surface area contributed by atoms with Crippen LogP contribution in [0.3, 0.4) is 0 Å². The molecule has 2 fully saturated rings. The van der Waals surface area contributed by atoms with E-state index in [9.17, 15) is 4.79 Å². The number of nitrogens with zero attached hydrogens (tertiary/aromatic N) is 3. The first-order valence-corrected chi connectivity index (χ1v) is 7.54. The largest absolute Gasteiger partial charge is 0.396 e. The van der Waals surface area contributed by atoms with Crippen molar-refractivity contribution in [1.82, 2.24) is 20.0 Å². The molecule has 0 radical (unpaired) electrons. The van der Waals surface area contributed by atoms with E-state index in [2.05, 4.69) is 15.1 Å². The molecule has 6 nitrogen and oxygen atoms in total. The fourth-order valence-corrected chi connectivity index (χ4v) is 3.27. The van der Waals surface area contributed by atoms with Gasteiger partial charge in [-0.1, -0.05) is 0 Å².